The Kier molecular flexibility index (Phi) is 13.1. The van der Waals surface area contributed by atoms with Crippen molar-refractivity contribution < 1.29 is 42.9 Å². The highest BCUT2D eigenvalue weighted by Crippen LogP contribution is 2.29. The number of aliphatic imine (C=N–C) groups is 1. The summed E-state index contributed by atoms with van der Waals surface area (Å²) in [7, 11) is 1.26. The molecule has 18 heteroatoms. The van der Waals surface area contributed by atoms with Crippen molar-refractivity contribution in [2.45, 2.75) is 53.9 Å². The molecule has 0 unspecified atom stereocenters. The van der Waals surface area contributed by atoms with Gasteiger partial charge in [0.1, 0.15) is 13.1 Å². The number of amides is 1. The van der Waals surface area contributed by atoms with Gasteiger partial charge in [-0.05, 0) is 58.9 Å². The Morgan fingerprint density at radius 1 is 0.882 bits per heavy atom. The summed E-state index contributed by atoms with van der Waals surface area (Å²) in [5, 5.41) is 16.4. The first-order chi connectivity index (χ1) is 24.5. The molecule has 18 nitrogen and oxygen atoms in total. The van der Waals surface area contributed by atoms with Gasteiger partial charge in [0.25, 0.3) is 0 Å². The Morgan fingerprint density at radius 2 is 1.57 bits per heavy atom. The third kappa shape index (κ3) is 9.83. The molecule has 0 atom stereocenters. The number of ether oxygens (including phenoxy) is 4. The fourth-order valence-corrected chi connectivity index (χ4v) is 4.99. The maximum atomic E-state index is 13.4. The number of hydrogen-bond donors (Lipinski definition) is 1. The molecule has 1 aromatic carbocycles. The largest absolute Gasteiger partial charge is 0.469 e. The van der Waals surface area contributed by atoms with Crippen LogP contribution in [0.4, 0.5) is 11.4 Å². The van der Waals surface area contributed by atoms with Gasteiger partial charge in [-0.25, -0.2) is 19.5 Å². The van der Waals surface area contributed by atoms with E-state index in [-0.39, 0.29) is 87.4 Å². The number of anilines is 1. The standard InChI is InChI=1S/C33H41N9O9/c1-7-49-28(45)18-40(19-29(46)50-8-2)22-10-11-24(23(17-22)33(47)51-9-3)35-30-31-36-25(14-15-34-26(43)12-13-27(44)48-6)38-42(31)39-32(30)41-21(5)16-20(4)37-41/h10-11,16-17H,7-9,12-15,18-19H2,1-6H3,(H,34,43). The Hall–Kier alpha value is -5.94. The maximum Gasteiger partial charge on any atom is 0.340 e. The molecular weight excluding hydrogens is 666 g/mol. The van der Waals surface area contributed by atoms with Crippen LogP contribution in [0.15, 0.2) is 34.4 Å². The number of carbonyl (C=O) groups excluding carboxylic acids is 5. The SMILES string of the molecule is CCOC(=O)CN(CC(=O)OCC)c1ccc(N=C2C(n3nc(C)cc3C)=Nn3nc(CCNC(=O)CCC(=O)OC)nc32)c(C(=O)OCC)c1. The number of nitrogens with one attached hydrogen (secondary N) is 1. The number of carbonyl (C=O) groups is 5. The number of methoxy groups -OCH3 is 1. The molecule has 1 N–H and O–H groups in total. The molecule has 272 valence electrons. The molecule has 0 aliphatic carbocycles. The lowest BCUT2D eigenvalue weighted by atomic mass is 10.1. The van der Waals surface area contributed by atoms with E-state index in [2.05, 4.69) is 30.3 Å². The van der Waals surface area contributed by atoms with Crippen LogP contribution in [0.1, 0.15) is 67.0 Å². The second-order valence-electron chi connectivity index (χ2n) is 11.0. The van der Waals surface area contributed by atoms with Crippen molar-refractivity contribution in [3.63, 3.8) is 0 Å². The van der Waals surface area contributed by atoms with E-state index in [0.29, 0.717) is 17.3 Å². The summed E-state index contributed by atoms with van der Waals surface area (Å²) in [5.74, 6) is -1.73. The highest BCUT2D eigenvalue weighted by atomic mass is 16.5. The molecule has 3 heterocycles. The number of nitrogens with zero attached hydrogens (tertiary/aromatic N) is 8. The summed E-state index contributed by atoms with van der Waals surface area (Å²) < 4.78 is 21.7. The Morgan fingerprint density at radius 3 is 2.18 bits per heavy atom. The molecule has 0 radical (unpaired) electrons. The predicted octanol–water partition coefficient (Wildman–Crippen LogP) is 1.66. The lowest BCUT2D eigenvalue weighted by Gasteiger charge is -2.23. The monoisotopic (exact) mass is 707 g/mol. The van der Waals surface area contributed by atoms with Crippen molar-refractivity contribution in [1.82, 2.24) is 30.0 Å². The van der Waals surface area contributed by atoms with Crippen molar-refractivity contribution in [3.8, 4) is 0 Å². The molecule has 1 aliphatic heterocycles. The van der Waals surface area contributed by atoms with Crippen molar-refractivity contribution in [3.05, 3.63) is 52.9 Å². The van der Waals surface area contributed by atoms with E-state index in [1.54, 1.807) is 37.6 Å². The van der Waals surface area contributed by atoms with Crippen molar-refractivity contribution in [2.75, 3.05) is 51.5 Å². The van der Waals surface area contributed by atoms with Gasteiger partial charge in [-0.1, -0.05) is 0 Å². The summed E-state index contributed by atoms with van der Waals surface area (Å²) in [6.45, 7) is 8.69. The molecule has 4 rings (SSSR count). The van der Waals surface area contributed by atoms with Crippen LogP contribution in [0.25, 0.3) is 0 Å². The first kappa shape index (κ1) is 37.9. The zero-order chi connectivity index (χ0) is 37.1. The van der Waals surface area contributed by atoms with Crippen LogP contribution < -0.4 is 10.2 Å². The van der Waals surface area contributed by atoms with Gasteiger partial charge in [0, 0.05) is 30.8 Å². The van der Waals surface area contributed by atoms with Gasteiger partial charge in [-0.3, -0.25) is 19.2 Å². The molecule has 0 spiro atoms. The smallest absolute Gasteiger partial charge is 0.340 e. The van der Waals surface area contributed by atoms with E-state index < -0.39 is 23.9 Å². The van der Waals surface area contributed by atoms with Crippen molar-refractivity contribution in [2.24, 2.45) is 10.1 Å². The summed E-state index contributed by atoms with van der Waals surface area (Å²) in [5.41, 5.74) is 2.31. The van der Waals surface area contributed by atoms with E-state index in [1.807, 2.05) is 19.9 Å². The van der Waals surface area contributed by atoms with Crippen LogP contribution in [0, 0.1) is 13.8 Å². The van der Waals surface area contributed by atoms with E-state index in [9.17, 15) is 24.0 Å². The third-order valence-corrected chi connectivity index (χ3v) is 7.24. The van der Waals surface area contributed by atoms with Crippen molar-refractivity contribution in [1.29, 1.82) is 0 Å². The maximum absolute atomic E-state index is 13.4. The Bertz CT molecular complexity index is 1820. The quantitative estimate of drug-likeness (QED) is 0.166. The number of aromatic nitrogens is 5. The fraction of sp³-hybridized carbons (Fsp3) is 0.455. The minimum Gasteiger partial charge on any atom is -0.469 e. The Balaban J connectivity index is 1.73. The van der Waals surface area contributed by atoms with Gasteiger partial charge in [0.2, 0.25) is 17.6 Å². The summed E-state index contributed by atoms with van der Waals surface area (Å²) in [6, 6.07) is 6.50. The van der Waals surface area contributed by atoms with E-state index in [1.165, 1.54) is 22.9 Å². The summed E-state index contributed by atoms with van der Waals surface area (Å²) in [6.07, 6.45) is 0.200. The molecule has 3 aromatic rings. The molecule has 0 saturated heterocycles. The second-order valence-corrected chi connectivity index (χ2v) is 11.0. The second kappa shape index (κ2) is 17.6. The molecule has 2 aromatic heterocycles. The number of fused-ring (bicyclic) bond motifs is 1. The minimum atomic E-state index is -0.696. The number of aryl methyl sites for hydroxylation is 2. The molecular formula is C33H41N9O9. The van der Waals surface area contributed by atoms with Crippen molar-refractivity contribution >= 4 is 52.7 Å². The molecule has 0 saturated carbocycles. The first-order valence-corrected chi connectivity index (χ1v) is 16.4. The zero-order valence-electron chi connectivity index (χ0n) is 29.4. The number of rotatable bonds is 16. The lowest BCUT2D eigenvalue weighted by molar-refractivity contribution is -0.143. The molecule has 0 fully saturated rings. The molecule has 0 bridgehead atoms. The van der Waals surface area contributed by atoms with Gasteiger partial charge in [-0.2, -0.15) is 5.10 Å². The summed E-state index contributed by atoms with van der Waals surface area (Å²) in [4.78, 5) is 74.0. The van der Waals surface area contributed by atoms with Crippen LogP contribution in [0.5, 0.6) is 0 Å². The van der Waals surface area contributed by atoms with E-state index >= 15 is 0 Å². The fourth-order valence-electron chi connectivity index (χ4n) is 4.99. The van der Waals surface area contributed by atoms with Crippen LogP contribution in [0.3, 0.4) is 0 Å². The highest BCUT2D eigenvalue weighted by Gasteiger charge is 2.31. The summed E-state index contributed by atoms with van der Waals surface area (Å²) >= 11 is 0. The molecule has 1 aliphatic rings. The van der Waals surface area contributed by atoms with Crippen LogP contribution >= 0.6 is 0 Å². The number of hydrogen-bond acceptors (Lipinski definition) is 15. The van der Waals surface area contributed by atoms with E-state index in [4.69, 9.17) is 19.2 Å². The third-order valence-electron chi connectivity index (χ3n) is 7.24. The molecule has 51 heavy (non-hydrogen) atoms. The Labute approximate surface area is 293 Å². The lowest BCUT2D eigenvalue weighted by Crippen LogP contribution is -2.36. The number of esters is 4. The van der Waals surface area contributed by atoms with Gasteiger partial charge in [0.05, 0.1) is 50.3 Å². The highest BCUT2D eigenvalue weighted by molar-refractivity contribution is 6.48. The van der Waals surface area contributed by atoms with Gasteiger partial charge < -0.3 is 29.2 Å². The van der Waals surface area contributed by atoms with Crippen LogP contribution in [0.2, 0.25) is 0 Å². The van der Waals surface area contributed by atoms with Gasteiger partial charge in [0.15, 0.2) is 11.5 Å². The van der Waals surface area contributed by atoms with Gasteiger partial charge in [-0.15, -0.1) is 15.0 Å². The minimum absolute atomic E-state index is 0.0160. The average molecular weight is 708 g/mol. The normalized spacial score (nSPS) is 12.6. The van der Waals surface area contributed by atoms with Crippen LogP contribution in [-0.2, 0) is 44.5 Å². The first-order valence-electron chi connectivity index (χ1n) is 16.4. The predicted molar refractivity (Wildman–Crippen MR) is 182 cm³/mol. The molecule has 1 amide bonds. The van der Waals surface area contributed by atoms with E-state index in [0.717, 1.165) is 11.4 Å². The van der Waals surface area contributed by atoms with Gasteiger partial charge >= 0.3 is 23.9 Å². The number of benzene rings is 1. The topological polar surface area (TPSA) is 211 Å². The average Bonchev–Trinajstić information content (AvgIpc) is 3.75. The zero-order valence-corrected chi connectivity index (χ0v) is 29.4. The van der Waals surface area contributed by atoms with Crippen LogP contribution in [-0.4, -0.2) is 113 Å².